The molecule has 0 aromatic heterocycles. The van der Waals surface area contributed by atoms with Gasteiger partial charge in [-0.3, -0.25) is 0 Å². The summed E-state index contributed by atoms with van der Waals surface area (Å²) in [6.45, 7) is 1.15. The molecule has 1 rings (SSSR count). The minimum atomic E-state index is 0. The van der Waals surface area contributed by atoms with E-state index in [2.05, 4.69) is 11.2 Å². The van der Waals surface area contributed by atoms with Gasteiger partial charge in [-0.2, -0.15) is 0 Å². The van der Waals surface area contributed by atoms with Crippen LogP contribution in [0.1, 0.15) is 0 Å². The SMILES string of the molecule is CSC1=[NH+]CCS1.[Rb+]. The fourth-order valence-corrected chi connectivity index (χ4v) is 2.04. The number of thioether (sulfide) groups is 2. The second kappa shape index (κ2) is 5.92. The van der Waals surface area contributed by atoms with Crippen LogP contribution in [0.5, 0.6) is 0 Å². The molecular formula is C4H8NRbS2+2. The Balaban J connectivity index is 0.000000490. The zero-order chi connectivity index (χ0) is 5.11. The van der Waals surface area contributed by atoms with Gasteiger partial charge in [0.05, 0.1) is 5.75 Å². The predicted molar refractivity (Wildman–Crippen MR) is 36.8 cm³/mol. The summed E-state index contributed by atoms with van der Waals surface area (Å²) in [5.41, 5.74) is 0. The van der Waals surface area contributed by atoms with Crippen molar-refractivity contribution in [3.8, 4) is 0 Å². The van der Waals surface area contributed by atoms with Crippen molar-refractivity contribution >= 4 is 27.9 Å². The van der Waals surface area contributed by atoms with Crippen LogP contribution in [0.2, 0.25) is 0 Å². The Morgan fingerprint density at radius 2 is 2.50 bits per heavy atom. The minimum Gasteiger partial charge on any atom is -0.230 e. The molecule has 0 aromatic rings. The average Bonchev–Trinajstić information content (AvgIpc) is 2.14. The monoisotopic (exact) mass is 219 g/mol. The molecule has 0 bridgehead atoms. The summed E-state index contributed by atoms with van der Waals surface area (Å²) in [4.78, 5) is 3.25. The molecule has 40 valence electrons. The van der Waals surface area contributed by atoms with Crippen LogP contribution >= 0.6 is 23.5 Å². The second-order valence-corrected chi connectivity index (χ2v) is 3.45. The molecule has 0 spiro atoms. The quantitative estimate of drug-likeness (QED) is 0.455. The molecule has 0 aromatic carbocycles. The Bertz CT molecular complexity index is 94.0. The van der Waals surface area contributed by atoms with Crippen LogP contribution in [-0.2, 0) is 0 Å². The van der Waals surface area contributed by atoms with Crippen LogP contribution in [0.3, 0.4) is 0 Å². The molecule has 8 heavy (non-hydrogen) atoms. The fourth-order valence-electron chi connectivity index (χ4n) is 0.479. The molecule has 1 nitrogen and oxygen atoms in total. The van der Waals surface area contributed by atoms with E-state index in [0.717, 1.165) is 6.54 Å². The van der Waals surface area contributed by atoms with Gasteiger partial charge >= 0.3 is 58.2 Å². The van der Waals surface area contributed by atoms with Crippen LogP contribution < -0.4 is 63.2 Å². The van der Waals surface area contributed by atoms with Gasteiger partial charge in [0, 0.05) is 0 Å². The maximum absolute atomic E-state index is 3.25. The van der Waals surface area contributed by atoms with E-state index in [4.69, 9.17) is 0 Å². The third kappa shape index (κ3) is 3.37. The Hall–Kier alpha value is 2.18. The van der Waals surface area contributed by atoms with Crippen molar-refractivity contribution in [2.75, 3.05) is 18.6 Å². The predicted octanol–water partition coefficient (Wildman–Crippen LogP) is -3.46. The zero-order valence-corrected chi connectivity index (χ0v) is 11.8. The molecule has 1 aliphatic rings. The summed E-state index contributed by atoms with van der Waals surface area (Å²) in [6, 6.07) is 0. The first-order chi connectivity index (χ1) is 3.43. The first-order valence-corrected chi connectivity index (χ1v) is 4.42. The van der Waals surface area contributed by atoms with Crippen molar-refractivity contribution in [1.29, 1.82) is 0 Å². The van der Waals surface area contributed by atoms with E-state index < -0.39 is 0 Å². The van der Waals surface area contributed by atoms with Crippen molar-refractivity contribution < 1.29 is 63.2 Å². The third-order valence-electron chi connectivity index (χ3n) is 0.790. The molecule has 0 amide bonds. The first kappa shape index (κ1) is 10.2. The summed E-state index contributed by atoms with van der Waals surface area (Å²) in [5.74, 6) is 1.25. The molecule has 0 aliphatic carbocycles. The number of nitrogens with one attached hydrogen (secondary N) is 1. The summed E-state index contributed by atoms with van der Waals surface area (Å²) in [5, 5.41) is 0. The van der Waals surface area contributed by atoms with Crippen LogP contribution in [0.25, 0.3) is 0 Å². The molecule has 4 heteroatoms. The van der Waals surface area contributed by atoms with Crippen LogP contribution in [-0.4, -0.2) is 22.9 Å². The third-order valence-corrected chi connectivity index (χ3v) is 2.97. The molecule has 1 N–H and O–H groups in total. The van der Waals surface area contributed by atoms with Gasteiger partial charge in [-0.15, -0.1) is 0 Å². The van der Waals surface area contributed by atoms with Crippen molar-refractivity contribution in [2.24, 2.45) is 0 Å². The maximum Gasteiger partial charge on any atom is 1.00 e. The van der Waals surface area contributed by atoms with E-state index in [1.807, 2.05) is 11.8 Å². The van der Waals surface area contributed by atoms with Crippen LogP contribution in [0, 0.1) is 0 Å². The molecule has 1 aliphatic heterocycles. The summed E-state index contributed by atoms with van der Waals surface area (Å²) in [6.07, 6.45) is 2.10. The molecule has 0 saturated heterocycles. The summed E-state index contributed by atoms with van der Waals surface area (Å²) >= 11 is 3.71. The van der Waals surface area contributed by atoms with Crippen LogP contribution in [0.4, 0.5) is 0 Å². The molecule has 1 heterocycles. The Labute approximate surface area is 107 Å². The van der Waals surface area contributed by atoms with Crippen molar-refractivity contribution in [3.63, 3.8) is 0 Å². The maximum atomic E-state index is 3.25. The normalized spacial score (nSPS) is 17.4. The van der Waals surface area contributed by atoms with Crippen molar-refractivity contribution in [3.05, 3.63) is 0 Å². The molecule has 0 radical (unpaired) electrons. The van der Waals surface area contributed by atoms with Crippen LogP contribution in [0.15, 0.2) is 0 Å². The van der Waals surface area contributed by atoms with Crippen molar-refractivity contribution in [2.45, 2.75) is 0 Å². The number of hydrogen-bond donors (Lipinski definition) is 1. The van der Waals surface area contributed by atoms with Gasteiger partial charge in [0.25, 0.3) is 4.38 Å². The van der Waals surface area contributed by atoms with Gasteiger partial charge in [-0.1, -0.05) is 11.8 Å². The first-order valence-electron chi connectivity index (χ1n) is 2.21. The van der Waals surface area contributed by atoms with E-state index >= 15 is 0 Å². The molecule has 0 fully saturated rings. The number of hydrogen-bond acceptors (Lipinski definition) is 2. The molecular weight excluding hydrogens is 212 g/mol. The Morgan fingerprint density at radius 3 is 2.75 bits per heavy atom. The standard InChI is InChI=1S/C4H7NS2.Rb/c1-6-4-5-2-3-7-4;/h2-3H2,1H3;/q;+1/p+1. The van der Waals surface area contributed by atoms with E-state index in [1.54, 1.807) is 11.8 Å². The molecule has 0 unspecified atom stereocenters. The van der Waals surface area contributed by atoms with Gasteiger partial charge in [-0.25, -0.2) is 4.99 Å². The average molecular weight is 220 g/mol. The largest absolute Gasteiger partial charge is 1.00 e. The van der Waals surface area contributed by atoms with Gasteiger partial charge in [0.1, 0.15) is 0 Å². The molecule has 0 atom stereocenters. The van der Waals surface area contributed by atoms with Gasteiger partial charge < -0.3 is 0 Å². The fraction of sp³-hybridized carbons (Fsp3) is 0.750. The van der Waals surface area contributed by atoms with Gasteiger partial charge in [0.2, 0.25) is 0 Å². The Morgan fingerprint density at radius 1 is 1.75 bits per heavy atom. The van der Waals surface area contributed by atoms with E-state index in [9.17, 15) is 0 Å². The van der Waals surface area contributed by atoms with E-state index in [-0.39, 0.29) is 58.2 Å². The van der Waals surface area contributed by atoms with Gasteiger partial charge in [0.15, 0.2) is 6.54 Å². The second-order valence-electron chi connectivity index (χ2n) is 1.27. The topological polar surface area (TPSA) is 14.0 Å². The van der Waals surface area contributed by atoms with E-state index in [0.29, 0.717) is 0 Å². The Kier molecular flexibility index (Phi) is 7.53. The van der Waals surface area contributed by atoms with E-state index in [1.165, 1.54) is 10.1 Å². The minimum absolute atomic E-state index is 0. The zero-order valence-electron chi connectivity index (χ0n) is 5.23. The summed E-state index contributed by atoms with van der Waals surface area (Å²) in [7, 11) is 0. The smallest absolute Gasteiger partial charge is 0.230 e. The van der Waals surface area contributed by atoms with Crippen molar-refractivity contribution in [1.82, 2.24) is 0 Å². The molecule has 0 saturated carbocycles. The van der Waals surface area contributed by atoms with Gasteiger partial charge in [-0.05, 0) is 18.0 Å². The summed E-state index contributed by atoms with van der Waals surface area (Å²) < 4.78 is 1.38. The number of rotatable bonds is 0.